The molecule has 1 rings (SSSR count). The van der Waals surface area contributed by atoms with Crippen LogP contribution in [0.25, 0.3) is 0 Å². The van der Waals surface area contributed by atoms with Crippen LogP contribution in [0.3, 0.4) is 0 Å². The minimum atomic E-state index is -4.87. The van der Waals surface area contributed by atoms with Crippen molar-refractivity contribution in [1.82, 2.24) is 0 Å². The van der Waals surface area contributed by atoms with E-state index in [-0.39, 0.29) is 0 Å². The summed E-state index contributed by atoms with van der Waals surface area (Å²) in [5.74, 6) is 0. The molecule has 0 amide bonds. The molecule has 0 aromatic heterocycles. The summed E-state index contributed by atoms with van der Waals surface area (Å²) in [5, 5.41) is 18.9. The lowest BCUT2D eigenvalue weighted by Crippen LogP contribution is -2.50. The maximum absolute atomic E-state index is 10.6. The van der Waals surface area contributed by atoms with Gasteiger partial charge in [0.15, 0.2) is 6.29 Å². The highest BCUT2D eigenvalue weighted by atomic mass is 31.2. The van der Waals surface area contributed by atoms with Gasteiger partial charge in [0.05, 0.1) is 12.7 Å². The molecule has 6 N–H and O–H groups in total. The van der Waals surface area contributed by atoms with E-state index < -0.39 is 53.3 Å². The predicted octanol–water partition coefficient (Wildman–Crippen LogP) is -1.96. The third-order valence-electron chi connectivity index (χ3n) is 2.20. The van der Waals surface area contributed by atoms with Crippen molar-refractivity contribution in [2.45, 2.75) is 31.0 Å². The molecule has 0 saturated carbocycles. The summed E-state index contributed by atoms with van der Waals surface area (Å²) in [6.07, 6.45) is -6.35. The van der Waals surface area contributed by atoms with E-state index >= 15 is 0 Å². The smallest absolute Gasteiger partial charge is 0.390 e. The van der Waals surface area contributed by atoms with Crippen molar-refractivity contribution in [1.29, 1.82) is 0 Å². The molecule has 4 atom stereocenters. The first-order valence-corrected chi connectivity index (χ1v) is 7.99. The first-order chi connectivity index (χ1) is 8.48. The molecule has 0 aromatic rings. The summed E-state index contributed by atoms with van der Waals surface area (Å²) >= 11 is 0. The summed E-state index contributed by atoms with van der Waals surface area (Å²) in [6, 6.07) is 0. The Morgan fingerprint density at radius 1 is 1.11 bits per heavy atom. The van der Waals surface area contributed by atoms with Gasteiger partial charge in [0, 0.05) is 6.42 Å². The maximum Gasteiger partial charge on any atom is 0.471 e. The van der Waals surface area contributed by atoms with Crippen LogP contribution in [0, 0.1) is 0 Å². The average Bonchev–Trinajstić information content (AvgIpc) is 2.17. The van der Waals surface area contributed by atoms with Crippen LogP contribution in [0.4, 0.5) is 0 Å². The first-order valence-electron chi connectivity index (χ1n) is 4.93. The van der Waals surface area contributed by atoms with Crippen LogP contribution < -0.4 is 0 Å². The van der Waals surface area contributed by atoms with Crippen molar-refractivity contribution >= 4 is 15.6 Å². The molecule has 0 spiro atoms. The van der Waals surface area contributed by atoms with Gasteiger partial charge in [-0.2, -0.15) is 0 Å². The van der Waals surface area contributed by atoms with Crippen LogP contribution in [0.2, 0.25) is 0 Å². The minimum Gasteiger partial charge on any atom is -0.390 e. The molecule has 1 fully saturated rings. The number of aliphatic hydroxyl groups is 2. The van der Waals surface area contributed by atoms with E-state index in [0.29, 0.717) is 0 Å². The van der Waals surface area contributed by atoms with E-state index in [4.69, 9.17) is 24.3 Å². The zero-order valence-electron chi connectivity index (χ0n) is 9.34. The second-order valence-corrected chi connectivity index (χ2v) is 6.21. The van der Waals surface area contributed by atoms with E-state index in [0.717, 1.165) is 0 Å². The Kier molecular flexibility index (Phi) is 5.64. The van der Waals surface area contributed by atoms with Gasteiger partial charge in [0.2, 0.25) is 0 Å². The lowest BCUT2D eigenvalue weighted by atomic mass is 10.0. The van der Waals surface area contributed by atoms with Crippen molar-refractivity contribution in [2.75, 3.05) is 6.61 Å². The van der Waals surface area contributed by atoms with Crippen molar-refractivity contribution in [3.05, 3.63) is 0 Å². The van der Waals surface area contributed by atoms with Crippen LogP contribution in [0.15, 0.2) is 0 Å². The van der Waals surface area contributed by atoms with Crippen LogP contribution in [0.5, 0.6) is 0 Å². The fourth-order valence-electron chi connectivity index (χ4n) is 1.44. The topological polar surface area (TPSA) is 183 Å². The molecule has 0 radical (unpaired) electrons. The van der Waals surface area contributed by atoms with Crippen molar-refractivity contribution in [3.63, 3.8) is 0 Å². The van der Waals surface area contributed by atoms with Gasteiger partial charge < -0.3 is 34.5 Å². The number of phosphoric acid groups is 2. The Labute approximate surface area is 107 Å². The molecule has 1 aliphatic rings. The number of rotatable bonds is 5. The number of aliphatic hydroxyl groups excluding tert-OH is 2. The van der Waals surface area contributed by atoms with E-state index in [1.54, 1.807) is 0 Å². The molecule has 13 heteroatoms. The fraction of sp³-hybridized carbons (Fsp3) is 1.00. The summed E-state index contributed by atoms with van der Waals surface area (Å²) in [4.78, 5) is 34.1. The molecule has 4 unspecified atom stereocenters. The Hall–Kier alpha value is 0.1000. The number of phosphoric ester groups is 2. The summed E-state index contributed by atoms with van der Waals surface area (Å²) in [6.45, 7) is -0.788. The van der Waals surface area contributed by atoms with Crippen LogP contribution >= 0.6 is 15.6 Å². The number of hydrogen-bond donors (Lipinski definition) is 6. The van der Waals surface area contributed by atoms with E-state index in [9.17, 15) is 19.3 Å². The fourth-order valence-corrected chi connectivity index (χ4v) is 2.23. The minimum absolute atomic E-state index is 0.418. The second-order valence-electron chi connectivity index (χ2n) is 3.78. The lowest BCUT2D eigenvalue weighted by molar-refractivity contribution is -0.232. The number of hydrogen-bond acceptors (Lipinski definition) is 7. The van der Waals surface area contributed by atoms with E-state index in [1.165, 1.54) is 0 Å². The lowest BCUT2D eigenvalue weighted by Gasteiger charge is -2.36. The van der Waals surface area contributed by atoms with Gasteiger partial charge in [-0.25, -0.2) is 9.13 Å². The third kappa shape index (κ3) is 6.39. The largest absolute Gasteiger partial charge is 0.471 e. The monoisotopic (exact) mass is 324 g/mol. The van der Waals surface area contributed by atoms with Crippen molar-refractivity contribution in [2.24, 2.45) is 0 Å². The first kappa shape index (κ1) is 17.2. The van der Waals surface area contributed by atoms with Gasteiger partial charge in [-0.3, -0.25) is 9.05 Å². The molecule has 114 valence electrons. The summed E-state index contributed by atoms with van der Waals surface area (Å²) in [7, 11) is -9.68. The summed E-state index contributed by atoms with van der Waals surface area (Å²) < 4.78 is 34.2. The van der Waals surface area contributed by atoms with Crippen molar-refractivity contribution in [3.8, 4) is 0 Å². The molecule has 11 nitrogen and oxygen atoms in total. The van der Waals surface area contributed by atoms with Gasteiger partial charge in [-0.05, 0) is 0 Å². The van der Waals surface area contributed by atoms with Gasteiger partial charge in [0.1, 0.15) is 12.2 Å². The maximum atomic E-state index is 10.6. The van der Waals surface area contributed by atoms with Crippen LogP contribution in [-0.2, 0) is 22.9 Å². The molecule has 0 aromatic carbocycles. The highest BCUT2D eigenvalue weighted by Gasteiger charge is 2.40. The highest BCUT2D eigenvalue weighted by molar-refractivity contribution is 7.46. The number of ether oxygens (including phenoxy) is 1. The van der Waals surface area contributed by atoms with E-state index in [2.05, 4.69) is 9.05 Å². The molecular weight excluding hydrogens is 310 g/mol. The Morgan fingerprint density at radius 3 is 2.16 bits per heavy atom. The van der Waals surface area contributed by atoms with Crippen molar-refractivity contribution < 1.29 is 52.7 Å². The zero-order valence-corrected chi connectivity index (χ0v) is 11.1. The molecule has 0 bridgehead atoms. The highest BCUT2D eigenvalue weighted by Crippen LogP contribution is 2.41. The van der Waals surface area contributed by atoms with Crippen LogP contribution in [-0.4, -0.2) is 61.0 Å². The molecule has 1 aliphatic heterocycles. The Bertz CT molecular complexity index is 387. The zero-order chi connectivity index (χ0) is 14.8. The van der Waals surface area contributed by atoms with Crippen LogP contribution in [0.1, 0.15) is 6.42 Å². The molecule has 1 heterocycles. The third-order valence-corrected chi connectivity index (χ3v) is 3.19. The van der Waals surface area contributed by atoms with Gasteiger partial charge in [0.25, 0.3) is 0 Å². The predicted molar refractivity (Wildman–Crippen MR) is 56.4 cm³/mol. The second kappa shape index (κ2) is 6.25. The van der Waals surface area contributed by atoms with E-state index in [1.807, 2.05) is 0 Å². The quantitative estimate of drug-likeness (QED) is 0.309. The van der Waals surface area contributed by atoms with Gasteiger partial charge in [-0.1, -0.05) is 0 Å². The standard InChI is InChI=1S/C6H14O11P2/c7-3-1-5(17-19(12,13)14)16-4(6(3)8)2-15-18(9,10)11/h3-8H,1-2H2,(H2,9,10,11)(H2,12,13,14). The SMILES string of the molecule is O=P(O)(O)OCC1OC(OP(=O)(O)O)CC(O)C1O. The Balaban J connectivity index is 2.63. The average molecular weight is 324 g/mol. The molecule has 1 saturated heterocycles. The van der Waals surface area contributed by atoms with Gasteiger partial charge in [-0.15, -0.1) is 0 Å². The molecule has 19 heavy (non-hydrogen) atoms. The Morgan fingerprint density at radius 2 is 1.68 bits per heavy atom. The molecular formula is C6H14O11P2. The van der Waals surface area contributed by atoms with Gasteiger partial charge >= 0.3 is 15.6 Å². The molecule has 0 aliphatic carbocycles. The normalized spacial score (nSPS) is 33.4. The summed E-state index contributed by atoms with van der Waals surface area (Å²) in [5.41, 5.74) is 0.